The van der Waals surface area contributed by atoms with Crippen molar-refractivity contribution in [3.05, 3.63) is 65.0 Å². The van der Waals surface area contributed by atoms with Gasteiger partial charge in [-0.05, 0) is 60.7 Å². The lowest BCUT2D eigenvalue weighted by Crippen LogP contribution is -2.23. The first-order chi connectivity index (χ1) is 10.8. The molecule has 0 bridgehead atoms. The van der Waals surface area contributed by atoms with Crippen LogP contribution < -0.4 is 10.5 Å². The Morgan fingerprint density at radius 3 is 2.57 bits per heavy atom. The van der Waals surface area contributed by atoms with Crippen molar-refractivity contribution in [3.63, 3.8) is 0 Å². The first-order valence-electron chi connectivity index (χ1n) is 7.52. The first kappa shape index (κ1) is 16.1. The zero-order valence-corrected chi connectivity index (χ0v) is 13.6. The van der Waals surface area contributed by atoms with E-state index in [1.165, 1.54) is 23.8 Å². The minimum Gasteiger partial charge on any atom is -0.303 e. The second-order valence-electron chi connectivity index (χ2n) is 5.94. The van der Waals surface area contributed by atoms with Gasteiger partial charge in [-0.3, -0.25) is 0 Å². The standard InChI is InChI=1S/C17H19FN2O2S/c1-11(12-3-7-15(8-4-12)23(19,21)22)20-17-9-5-13-2-6-14(18)10-16(13)17/h2-4,6-8,10-11,17,20H,5,9H2,1H3,(H2,19,21,22)/t11-,17+/m0/s1. The van der Waals surface area contributed by atoms with Gasteiger partial charge in [-0.15, -0.1) is 0 Å². The molecule has 0 fully saturated rings. The van der Waals surface area contributed by atoms with Gasteiger partial charge in [0.05, 0.1) is 4.90 Å². The number of hydrogen-bond donors (Lipinski definition) is 2. The average molecular weight is 334 g/mol. The average Bonchev–Trinajstić information content (AvgIpc) is 2.89. The van der Waals surface area contributed by atoms with Crippen LogP contribution in [0.2, 0.25) is 0 Å². The van der Waals surface area contributed by atoms with Crippen LogP contribution in [0.1, 0.15) is 42.1 Å². The molecule has 0 spiro atoms. The van der Waals surface area contributed by atoms with Gasteiger partial charge in [-0.1, -0.05) is 18.2 Å². The predicted molar refractivity (Wildman–Crippen MR) is 86.8 cm³/mol. The Kier molecular flexibility index (Phi) is 4.23. The summed E-state index contributed by atoms with van der Waals surface area (Å²) in [6, 6.07) is 11.6. The molecule has 0 aromatic heterocycles. The largest absolute Gasteiger partial charge is 0.303 e. The van der Waals surface area contributed by atoms with Crippen molar-refractivity contribution in [1.82, 2.24) is 5.32 Å². The minimum absolute atomic E-state index is 0.0174. The van der Waals surface area contributed by atoms with Crippen molar-refractivity contribution < 1.29 is 12.8 Å². The lowest BCUT2D eigenvalue weighted by atomic mass is 10.0. The lowest BCUT2D eigenvalue weighted by molar-refractivity contribution is 0.463. The number of aryl methyl sites for hydroxylation is 1. The zero-order valence-electron chi connectivity index (χ0n) is 12.8. The van der Waals surface area contributed by atoms with Crippen molar-refractivity contribution in [1.29, 1.82) is 0 Å². The van der Waals surface area contributed by atoms with E-state index in [0.717, 1.165) is 24.0 Å². The fraction of sp³-hybridized carbons (Fsp3) is 0.294. The van der Waals surface area contributed by atoms with Gasteiger partial charge in [0.1, 0.15) is 5.82 Å². The number of rotatable bonds is 4. The van der Waals surface area contributed by atoms with Crippen molar-refractivity contribution in [2.45, 2.75) is 36.7 Å². The fourth-order valence-corrected chi connectivity index (χ4v) is 3.61. The minimum atomic E-state index is -3.67. The van der Waals surface area contributed by atoms with Crippen LogP contribution >= 0.6 is 0 Å². The monoisotopic (exact) mass is 334 g/mol. The SMILES string of the molecule is C[C@H](N[C@@H]1CCc2ccc(F)cc21)c1ccc(S(N)(=O)=O)cc1. The molecule has 0 heterocycles. The Hall–Kier alpha value is -1.76. The van der Waals surface area contributed by atoms with Crippen LogP contribution in [0.15, 0.2) is 47.4 Å². The Labute approximate surface area is 135 Å². The number of fused-ring (bicyclic) bond motifs is 1. The van der Waals surface area contributed by atoms with Gasteiger partial charge >= 0.3 is 0 Å². The van der Waals surface area contributed by atoms with E-state index in [4.69, 9.17) is 5.14 Å². The third kappa shape index (κ3) is 3.44. The number of primary sulfonamides is 1. The fourth-order valence-electron chi connectivity index (χ4n) is 3.09. The summed E-state index contributed by atoms with van der Waals surface area (Å²) in [6.45, 7) is 2.00. The van der Waals surface area contributed by atoms with Crippen LogP contribution in [-0.4, -0.2) is 8.42 Å². The van der Waals surface area contributed by atoms with Gasteiger partial charge in [-0.2, -0.15) is 0 Å². The van der Waals surface area contributed by atoms with Crippen LogP contribution in [0, 0.1) is 5.82 Å². The maximum atomic E-state index is 13.5. The third-order valence-corrected chi connectivity index (χ3v) is 5.27. The zero-order chi connectivity index (χ0) is 16.6. The molecule has 0 saturated carbocycles. The van der Waals surface area contributed by atoms with Crippen LogP contribution in [-0.2, 0) is 16.4 Å². The topological polar surface area (TPSA) is 72.2 Å². The highest BCUT2D eigenvalue weighted by atomic mass is 32.2. The van der Waals surface area contributed by atoms with E-state index in [0.29, 0.717) is 0 Å². The molecule has 1 aliphatic carbocycles. The van der Waals surface area contributed by atoms with Crippen molar-refractivity contribution >= 4 is 10.0 Å². The van der Waals surface area contributed by atoms with E-state index in [1.807, 2.05) is 13.0 Å². The molecular formula is C17H19FN2O2S. The molecule has 0 amide bonds. The lowest BCUT2D eigenvalue weighted by Gasteiger charge is -2.21. The van der Waals surface area contributed by atoms with Crippen LogP contribution in [0.4, 0.5) is 4.39 Å². The number of nitrogens with one attached hydrogen (secondary N) is 1. The summed E-state index contributed by atoms with van der Waals surface area (Å²) in [5.74, 6) is -0.220. The molecule has 23 heavy (non-hydrogen) atoms. The maximum Gasteiger partial charge on any atom is 0.238 e. The van der Waals surface area contributed by atoms with E-state index in [2.05, 4.69) is 5.32 Å². The third-order valence-electron chi connectivity index (χ3n) is 4.35. The summed E-state index contributed by atoms with van der Waals surface area (Å²) in [6.07, 6.45) is 1.86. The molecule has 0 aliphatic heterocycles. The van der Waals surface area contributed by atoms with E-state index in [9.17, 15) is 12.8 Å². The summed E-state index contributed by atoms with van der Waals surface area (Å²) >= 11 is 0. The van der Waals surface area contributed by atoms with Gasteiger partial charge in [0.15, 0.2) is 0 Å². The number of nitrogens with two attached hydrogens (primary N) is 1. The quantitative estimate of drug-likeness (QED) is 0.903. The second kappa shape index (κ2) is 6.03. The molecule has 4 nitrogen and oxygen atoms in total. The smallest absolute Gasteiger partial charge is 0.238 e. The molecular weight excluding hydrogens is 315 g/mol. The Morgan fingerprint density at radius 1 is 1.22 bits per heavy atom. The highest BCUT2D eigenvalue weighted by Gasteiger charge is 2.24. The van der Waals surface area contributed by atoms with E-state index < -0.39 is 10.0 Å². The predicted octanol–water partition coefficient (Wildman–Crippen LogP) is 2.81. The highest BCUT2D eigenvalue weighted by Crippen LogP contribution is 2.33. The van der Waals surface area contributed by atoms with Crippen LogP contribution in [0.5, 0.6) is 0 Å². The number of sulfonamides is 1. The molecule has 3 N–H and O–H groups in total. The number of halogens is 1. The molecule has 2 atom stereocenters. The van der Waals surface area contributed by atoms with Gasteiger partial charge < -0.3 is 5.32 Å². The van der Waals surface area contributed by atoms with Gasteiger partial charge in [0.2, 0.25) is 10.0 Å². The first-order valence-corrected chi connectivity index (χ1v) is 9.06. The summed E-state index contributed by atoms with van der Waals surface area (Å²) in [4.78, 5) is 0.0988. The molecule has 2 aromatic rings. The Balaban J connectivity index is 1.76. The maximum absolute atomic E-state index is 13.5. The van der Waals surface area contributed by atoms with Crippen molar-refractivity contribution in [2.75, 3.05) is 0 Å². The molecule has 2 aromatic carbocycles. The molecule has 0 unspecified atom stereocenters. The van der Waals surface area contributed by atoms with Crippen LogP contribution in [0.25, 0.3) is 0 Å². The summed E-state index contributed by atoms with van der Waals surface area (Å²) in [5, 5.41) is 8.59. The van der Waals surface area contributed by atoms with Crippen molar-refractivity contribution in [2.24, 2.45) is 5.14 Å². The van der Waals surface area contributed by atoms with E-state index in [1.54, 1.807) is 18.2 Å². The van der Waals surface area contributed by atoms with Crippen molar-refractivity contribution in [3.8, 4) is 0 Å². The Bertz CT molecular complexity index is 819. The number of benzene rings is 2. The van der Waals surface area contributed by atoms with Gasteiger partial charge in [-0.25, -0.2) is 17.9 Å². The molecule has 122 valence electrons. The highest BCUT2D eigenvalue weighted by molar-refractivity contribution is 7.89. The summed E-state index contributed by atoms with van der Waals surface area (Å²) < 4.78 is 36.0. The number of hydrogen-bond acceptors (Lipinski definition) is 3. The molecule has 0 radical (unpaired) electrons. The van der Waals surface area contributed by atoms with E-state index >= 15 is 0 Å². The molecule has 6 heteroatoms. The molecule has 1 aliphatic rings. The van der Waals surface area contributed by atoms with Crippen LogP contribution in [0.3, 0.4) is 0 Å². The van der Waals surface area contributed by atoms with Gasteiger partial charge in [0, 0.05) is 12.1 Å². The normalized spacial score (nSPS) is 18.7. The summed E-state index contributed by atoms with van der Waals surface area (Å²) in [7, 11) is -3.67. The van der Waals surface area contributed by atoms with Gasteiger partial charge in [0.25, 0.3) is 0 Å². The molecule has 0 saturated heterocycles. The Morgan fingerprint density at radius 2 is 1.91 bits per heavy atom. The second-order valence-corrected chi connectivity index (χ2v) is 7.50. The summed E-state index contributed by atoms with van der Waals surface area (Å²) in [5.41, 5.74) is 3.15. The molecule has 3 rings (SSSR count). The van der Waals surface area contributed by atoms with E-state index in [-0.39, 0.29) is 22.8 Å².